The summed E-state index contributed by atoms with van der Waals surface area (Å²) in [6.07, 6.45) is -1.04. The van der Waals surface area contributed by atoms with Crippen molar-refractivity contribution in [2.75, 3.05) is 20.3 Å². The molecule has 6 nitrogen and oxygen atoms in total. The Bertz CT molecular complexity index is 565. The number of carbonyl (C=O) groups is 1. The zero-order valence-electron chi connectivity index (χ0n) is 15.4. The van der Waals surface area contributed by atoms with Crippen molar-refractivity contribution in [3.63, 3.8) is 0 Å². The zero-order chi connectivity index (χ0) is 18.5. The molecule has 0 aliphatic carbocycles. The molecule has 1 rings (SSSR count). The zero-order valence-corrected chi connectivity index (χ0v) is 15.4. The van der Waals surface area contributed by atoms with Crippen LogP contribution in [0.25, 0.3) is 0 Å². The molecule has 24 heavy (non-hydrogen) atoms. The Balaban J connectivity index is 3.45. The molecule has 0 aromatic heterocycles. The third-order valence-corrected chi connectivity index (χ3v) is 3.78. The van der Waals surface area contributed by atoms with Crippen LogP contribution in [0.1, 0.15) is 40.2 Å². The highest BCUT2D eigenvalue weighted by Crippen LogP contribution is 2.36. The van der Waals surface area contributed by atoms with Crippen LogP contribution in [0.5, 0.6) is 11.5 Å². The summed E-state index contributed by atoms with van der Waals surface area (Å²) in [7, 11) is 1.54. The molecule has 0 spiro atoms. The number of aliphatic hydroxyl groups is 1. The lowest BCUT2D eigenvalue weighted by atomic mass is 9.75. The molecule has 0 bridgehead atoms. The van der Waals surface area contributed by atoms with Crippen LogP contribution in [0.15, 0.2) is 18.2 Å². The van der Waals surface area contributed by atoms with Gasteiger partial charge in [-0.15, -0.1) is 0 Å². The van der Waals surface area contributed by atoms with Crippen molar-refractivity contribution in [3.05, 3.63) is 23.8 Å². The van der Waals surface area contributed by atoms with Gasteiger partial charge < -0.3 is 25.1 Å². The molecule has 0 radical (unpaired) electrons. The quantitative estimate of drug-likeness (QED) is 0.739. The maximum atomic E-state index is 12.8. The van der Waals surface area contributed by atoms with Crippen molar-refractivity contribution < 1.29 is 24.1 Å². The van der Waals surface area contributed by atoms with Gasteiger partial charge in [0.2, 0.25) is 0 Å². The molecule has 0 fully saturated rings. The SMILES string of the molecule is CCOc1cc(C(CN)(C(=O)OC(C)(C)C)C(C)O)ccc1OC. The van der Waals surface area contributed by atoms with Crippen molar-refractivity contribution in [1.82, 2.24) is 0 Å². The molecule has 0 aliphatic heterocycles. The van der Waals surface area contributed by atoms with E-state index in [0.29, 0.717) is 23.7 Å². The second-order valence-corrected chi connectivity index (χ2v) is 6.65. The topological polar surface area (TPSA) is 91.0 Å². The summed E-state index contributed by atoms with van der Waals surface area (Å²) in [6.45, 7) is 9.04. The van der Waals surface area contributed by atoms with Crippen LogP contribution in [-0.2, 0) is 14.9 Å². The van der Waals surface area contributed by atoms with E-state index in [-0.39, 0.29) is 6.54 Å². The van der Waals surface area contributed by atoms with E-state index in [1.54, 1.807) is 39.0 Å². The first-order chi connectivity index (χ1) is 11.1. The maximum Gasteiger partial charge on any atom is 0.321 e. The van der Waals surface area contributed by atoms with Crippen molar-refractivity contribution in [2.24, 2.45) is 5.73 Å². The highest BCUT2D eigenvalue weighted by atomic mass is 16.6. The summed E-state index contributed by atoms with van der Waals surface area (Å²) in [5.74, 6) is 0.459. The minimum absolute atomic E-state index is 0.0997. The lowest BCUT2D eigenvalue weighted by Gasteiger charge is -2.36. The highest BCUT2D eigenvalue weighted by molar-refractivity contribution is 5.85. The maximum absolute atomic E-state index is 12.8. The molecule has 0 saturated heterocycles. The van der Waals surface area contributed by atoms with Gasteiger partial charge in [-0.3, -0.25) is 4.79 Å². The van der Waals surface area contributed by atoms with Crippen LogP contribution >= 0.6 is 0 Å². The average Bonchev–Trinajstić information content (AvgIpc) is 2.47. The minimum Gasteiger partial charge on any atom is -0.493 e. The number of hydrogen-bond donors (Lipinski definition) is 2. The molecule has 2 unspecified atom stereocenters. The summed E-state index contributed by atoms with van der Waals surface area (Å²) in [5, 5.41) is 10.4. The van der Waals surface area contributed by atoms with Crippen molar-refractivity contribution in [1.29, 1.82) is 0 Å². The fourth-order valence-corrected chi connectivity index (χ4v) is 2.49. The van der Waals surface area contributed by atoms with Crippen LogP contribution in [-0.4, -0.2) is 43.0 Å². The molecule has 2 atom stereocenters. The van der Waals surface area contributed by atoms with Gasteiger partial charge in [0.1, 0.15) is 11.0 Å². The Morgan fingerprint density at radius 2 is 1.92 bits per heavy atom. The Hall–Kier alpha value is -1.79. The van der Waals surface area contributed by atoms with Gasteiger partial charge in [0.05, 0.1) is 19.8 Å². The molecule has 0 amide bonds. The number of ether oxygens (including phenoxy) is 3. The number of aliphatic hydroxyl groups excluding tert-OH is 1. The van der Waals surface area contributed by atoms with E-state index < -0.39 is 23.1 Å². The van der Waals surface area contributed by atoms with Gasteiger partial charge in [0.15, 0.2) is 11.5 Å². The monoisotopic (exact) mass is 339 g/mol. The van der Waals surface area contributed by atoms with Gasteiger partial charge in [-0.05, 0) is 52.3 Å². The highest BCUT2D eigenvalue weighted by Gasteiger charge is 2.47. The third kappa shape index (κ3) is 4.19. The molecule has 136 valence electrons. The second-order valence-electron chi connectivity index (χ2n) is 6.65. The van der Waals surface area contributed by atoms with Gasteiger partial charge in [-0.1, -0.05) is 6.07 Å². The Morgan fingerprint density at radius 1 is 1.29 bits per heavy atom. The molecule has 1 aromatic carbocycles. The third-order valence-electron chi connectivity index (χ3n) is 3.78. The molecule has 0 heterocycles. The molecular formula is C18H29NO5. The lowest BCUT2D eigenvalue weighted by molar-refractivity contribution is -0.166. The van der Waals surface area contributed by atoms with E-state index in [0.717, 1.165) is 0 Å². The first kappa shape index (κ1) is 20.3. The Kier molecular flexibility index (Phi) is 6.63. The Labute approximate surface area is 143 Å². The van der Waals surface area contributed by atoms with E-state index in [2.05, 4.69) is 0 Å². The predicted molar refractivity (Wildman–Crippen MR) is 92.4 cm³/mol. The summed E-state index contributed by atoms with van der Waals surface area (Å²) in [6, 6.07) is 5.06. The predicted octanol–water partition coefficient (Wildman–Crippen LogP) is 2.01. The van der Waals surface area contributed by atoms with Crippen molar-refractivity contribution in [2.45, 2.75) is 51.7 Å². The number of nitrogens with two attached hydrogens (primary N) is 1. The molecule has 0 aliphatic rings. The summed E-state index contributed by atoms with van der Waals surface area (Å²) < 4.78 is 16.4. The largest absolute Gasteiger partial charge is 0.493 e. The summed E-state index contributed by atoms with van der Waals surface area (Å²) in [5.41, 5.74) is 4.37. The fraction of sp³-hybridized carbons (Fsp3) is 0.611. The van der Waals surface area contributed by atoms with Gasteiger partial charge in [0.25, 0.3) is 0 Å². The standard InChI is InChI=1S/C18H29NO5/c1-7-23-15-10-13(8-9-14(15)22-6)18(11-19,12(2)20)16(21)24-17(3,4)5/h8-10,12,20H,7,11,19H2,1-6H3. The number of hydrogen-bond acceptors (Lipinski definition) is 6. The van der Waals surface area contributed by atoms with Crippen molar-refractivity contribution in [3.8, 4) is 11.5 Å². The van der Waals surface area contributed by atoms with Gasteiger partial charge >= 0.3 is 5.97 Å². The van der Waals surface area contributed by atoms with E-state index in [1.807, 2.05) is 6.92 Å². The normalized spacial score (nSPS) is 15.3. The van der Waals surface area contributed by atoms with E-state index in [1.165, 1.54) is 14.0 Å². The van der Waals surface area contributed by atoms with Gasteiger partial charge in [-0.25, -0.2) is 0 Å². The molecule has 3 N–H and O–H groups in total. The lowest BCUT2D eigenvalue weighted by Crippen LogP contribution is -2.53. The van der Waals surface area contributed by atoms with Crippen molar-refractivity contribution >= 4 is 5.97 Å². The summed E-state index contributed by atoms with van der Waals surface area (Å²) in [4.78, 5) is 12.8. The molecule has 1 aromatic rings. The van der Waals surface area contributed by atoms with Crippen LogP contribution in [0, 0.1) is 0 Å². The van der Waals surface area contributed by atoms with Crippen LogP contribution in [0.4, 0.5) is 0 Å². The van der Waals surface area contributed by atoms with Crippen LogP contribution in [0.2, 0.25) is 0 Å². The van der Waals surface area contributed by atoms with Crippen LogP contribution < -0.4 is 15.2 Å². The number of rotatable bonds is 7. The smallest absolute Gasteiger partial charge is 0.321 e. The van der Waals surface area contributed by atoms with E-state index in [9.17, 15) is 9.90 Å². The minimum atomic E-state index is -1.38. The van der Waals surface area contributed by atoms with Gasteiger partial charge in [0, 0.05) is 6.54 Å². The second kappa shape index (κ2) is 7.85. The fourth-order valence-electron chi connectivity index (χ4n) is 2.49. The first-order valence-electron chi connectivity index (χ1n) is 8.05. The van der Waals surface area contributed by atoms with Gasteiger partial charge in [-0.2, -0.15) is 0 Å². The molecule has 6 heteroatoms. The Morgan fingerprint density at radius 3 is 2.33 bits per heavy atom. The summed E-state index contributed by atoms with van der Waals surface area (Å²) >= 11 is 0. The van der Waals surface area contributed by atoms with Crippen LogP contribution in [0.3, 0.4) is 0 Å². The number of benzene rings is 1. The number of carbonyl (C=O) groups excluding carboxylic acids is 1. The average molecular weight is 339 g/mol. The molecular weight excluding hydrogens is 310 g/mol. The number of esters is 1. The van der Waals surface area contributed by atoms with E-state index >= 15 is 0 Å². The van der Waals surface area contributed by atoms with E-state index in [4.69, 9.17) is 19.9 Å². The molecule has 0 saturated carbocycles. The number of methoxy groups -OCH3 is 1. The first-order valence-corrected chi connectivity index (χ1v) is 8.05.